The predicted molar refractivity (Wildman–Crippen MR) is 103 cm³/mol. The maximum Gasteiger partial charge on any atom is 0.416 e. The lowest BCUT2D eigenvalue weighted by molar-refractivity contribution is -0.384. The van der Waals surface area contributed by atoms with Gasteiger partial charge in [-0.3, -0.25) is 20.3 Å². The Kier molecular flexibility index (Phi) is 5.58. The fourth-order valence-corrected chi connectivity index (χ4v) is 4.76. The van der Waals surface area contributed by atoms with E-state index in [4.69, 9.17) is 0 Å². The minimum atomic E-state index is -4.65. The number of hydrogen-bond acceptors (Lipinski definition) is 6. The van der Waals surface area contributed by atoms with Crippen LogP contribution in [0.15, 0.2) is 18.2 Å². The summed E-state index contributed by atoms with van der Waals surface area (Å²) < 4.78 is 38.8. The summed E-state index contributed by atoms with van der Waals surface area (Å²) in [6.07, 6.45) is -0.333. The Balaban J connectivity index is 1.43. The van der Waals surface area contributed by atoms with Gasteiger partial charge in [0.15, 0.2) is 0 Å². The van der Waals surface area contributed by atoms with Crippen LogP contribution in [0, 0.1) is 16.0 Å². The van der Waals surface area contributed by atoms with Crippen molar-refractivity contribution in [3.63, 3.8) is 0 Å². The summed E-state index contributed by atoms with van der Waals surface area (Å²) in [7, 11) is 0. The molecule has 30 heavy (non-hydrogen) atoms. The molecule has 8 nitrogen and oxygen atoms in total. The van der Waals surface area contributed by atoms with Gasteiger partial charge in [0.25, 0.3) is 5.69 Å². The van der Waals surface area contributed by atoms with Gasteiger partial charge in [-0.1, -0.05) is 12.8 Å². The van der Waals surface area contributed by atoms with Crippen LogP contribution in [0.5, 0.6) is 0 Å². The topological polar surface area (TPSA) is 90.8 Å². The second-order valence-electron chi connectivity index (χ2n) is 8.09. The Labute approximate surface area is 171 Å². The van der Waals surface area contributed by atoms with Crippen molar-refractivity contribution in [2.24, 2.45) is 5.92 Å². The maximum atomic E-state index is 13.0. The standard InChI is InChI=1S/C19H24F3N5O3/c20-19(21,22)12-5-6-15(16(11-12)27(29)30)25-7-9-26(10-8-25)18(28)17-13-3-1-2-4-14(13)23-24-17/h5-6,11,13-14,17,23-24H,1-4,7-10H2. The lowest BCUT2D eigenvalue weighted by Crippen LogP contribution is -2.55. The van der Waals surface area contributed by atoms with Crippen molar-refractivity contribution in [3.8, 4) is 0 Å². The zero-order chi connectivity index (χ0) is 21.5. The average molecular weight is 427 g/mol. The molecule has 2 aliphatic heterocycles. The lowest BCUT2D eigenvalue weighted by Gasteiger charge is -2.38. The van der Waals surface area contributed by atoms with Crippen LogP contribution in [0.2, 0.25) is 0 Å². The van der Waals surface area contributed by atoms with E-state index >= 15 is 0 Å². The number of halogens is 3. The van der Waals surface area contributed by atoms with Gasteiger partial charge in [0, 0.05) is 44.2 Å². The number of hydrogen-bond donors (Lipinski definition) is 2. The molecule has 1 aromatic rings. The molecule has 1 amide bonds. The van der Waals surface area contributed by atoms with Gasteiger partial charge in [0.2, 0.25) is 5.91 Å². The molecular formula is C19H24F3N5O3. The van der Waals surface area contributed by atoms with E-state index in [9.17, 15) is 28.1 Å². The molecule has 3 fully saturated rings. The van der Waals surface area contributed by atoms with E-state index in [1.807, 2.05) is 0 Å². The molecule has 1 aliphatic carbocycles. The number of fused-ring (bicyclic) bond motifs is 1. The summed E-state index contributed by atoms with van der Waals surface area (Å²) in [5, 5.41) is 11.4. The molecule has 2 saturated heterocycles. The number of nitro groups is 1. The van der Waals surface area contributed by atoms with Gasteiger partial charge in [0.05, 0.1) is 10.5 Å². The maximum absolute atomic E-state index is 13.0. The highest BCUT2D eigenvalue weighted by atomic mass is 19.4. The second-order valence-corrected chi connectivity index (χ2v) is 8.09. The van der Waals surface area contributed by atoms with Crippen molar-refractivity contribution in [1.29, 1.82) is 0 Å². The van der Waals surface area contributed by atoms with Crippen LogP contribution in [0.3, 0.4) is 0 Å². The minimum absolute atomic E-state index is 0.0125. The number of amides is 1. The molecule has 2 heterocycles. The van der Waals surface area contributed by atoms with Crippen molar-refractivity contribution in [3.05, 3.63) is 33.9 Å². The molecule has 0 radical (unpaired) electrons. The molecule has 4 rings (SSSR count). The van der Waals surface area contributed by atoms with Crippen LogP contribution in [0.1, 0.15) is 31.2 Å². The largest absolute Gasteiger partial charge is 0.416 e. The number of carbonyl (C=O) groups excluding carboxylic acids is 1. The Bertz CT molecular complexity index is 826. The first kappa shape index (κ1) is 20.9. The highest BCUT2D eigenvalue weighted by Crippen LogP contribution is 2.37. The van der Waals surface area contributed by atoms with E-state index in [0.717, 1.165) is 37.8 Å². The van der Waals surface area contributed by atoms with Gasteiger partial charge in [-0.05, 0) is 25.0 Å². The van der Waals surface area contributed by atoms with Crippen molar-refractivity contribution in [2.45, 2.75) is 43.9 Å². The summed E-state index contributed by atoms with van der Waals surface area (Å²) in [4.78, 5) is 27.0. The van der Waals surface area contributed by atoms with Crippen LogP contribution in [-0.4, -0.2) is 54.0 Å². The van der Waals surface area contributed by atoms with Gasteiger partial charge < -0.3 is 9.80 Å². The van der Waals surface area contributed by atoms with Gasteiger partial charge in [0.1, 0.15) is 11.7 Å². The van der Waals surface area contributed by atoms with Crippen molar-refractivity contribution in [2.75, 3.05) is 31.1 Å². The summed E-state index contributed by atoms with van der Waals surface area (Å²) >= 11 is 0. The van der Waals surface area contributed by atoms with E-state index in [-0.39, 0.29) is 23.6 Å². The van der Waals surface area contributed by atoms with Crippen LogP contribution >= 0.6 is 0 Å². The Morgan fingerprint density at radius 3 is 2.47 bits per heavy atom. The molecule has 2 N–H and O–H groups in total. The highest BCUT2D eigenvalue weighted by molar-refractivity contribution is 5.83. The highest BCUT2D eigenvalue weighted by Gasteiger charge is 2.43. The van der Waals surface area contributed by atoms with Gasteiger partial charge in [-0.15, -0.1) is 0 Å². The third-order valence-corrected chi connectivity index (χ3v) is 6.37. The summed E-state index contributed by atoms with van der Waals surface area (Å²) in [5.74, 6) is 0.277. The van der Waals surface area contributed by atoms with E-state index in [0.29, 0.717) is 38.3 Å². The van der Waals surface area contributed by atoms with E-state index < -0.39 is 22.4 Å². The fourth-order valence-electron chi connectivity index (χ4n) is 4.76. The third-order valence-electron chi connectivity index (χ3n) is 6.37. The lowest BCUT2D eigenvalue weighted by atomic mass is 9.81. The number of piperazine rings is 1. The van der Waals surface area contributed by atoms with Gasteiger partial charge in [-0.25, -0.2) is 5.43 Å². The second kappa shape index (κ2) is 8.03. The Morgan fingerprint density at radius 2 is 1.80 bits per heavy atom. The molecule has 0 aromatic heterocycles. The molecule has 0 spiro atoms. The van der Waals surface area contributed by atoms with E-state index in [2.05, 4.69) is 10.9 Å². The number of carbonyl (C=O) groups is 1. The SMILES string of the molecule is O=C(C1NNC2CCCCC21)N1CCN(c2ccc(C(F)(F)F)cc2[N+](=O)[O-])CC1. The number of nitrogens with one attached hydrogen (secondary N) is 2. The number of benzene rings is 1. The van der Waals surface area contributed by atoms with Crippen molar-refractivity contribution >= 4 is 17.3 Å². The third kappa shape index (κ3) is 3.95. The zero-order valence-corrected chi connectivity index (χ0v) is 16.3. The molecule has 0 bridgehead atoms. The molecule has 11 heteroatoms. The first-order valence-electron chi connectivity index (χ1n) is 10.2. The molecule has 1 aromatic carbocycles. The number of nitrogens with zero attached hydrogens (tertiary/aromatic N) is 3. The van der Waals surface area contributed by atoms with Gasteiger partial charge in [-0.2, -0.15) is 13.2 Å². The monoisotopic (exact) mass is 427 g/mol. The number of anilines is 1. The first-order valence-corrected chi connectivity index (χ1v) is 10.2. The van der Waals surface area contributed by atoms with Crippen molar-refractivity contribution < 1.29 is 22.9 Å². The predicted octanol–water partition coefficient (Wildman–Crippen LogP) is 2.30. The number of hydrazine groups is 1. The van der Waals surface area contributed by atoms with Crippen LogP contribution in [0.4, 0.5) is 24.5 Å². The minimum Gasteiger partial charge on any atom is -0.362 e. The normalized spacial score (nSPS) is 27.1. The quantitative estimate of drug-likeness (QED) is 0.568. The fraction of sp³-hybridized carbons (Fsp3) is 0.632. The molecule has 3 aliphatic rings. The number of alkyl halides is 3. The molecule has 3 atom stereocenters. The van der Waals surface area contributed by atoms with E-state index in [1.54, 1.807) is 9.80 Å². The molecular weight excluding hydrogens is 403 g/mol. The average Bonchev–Trinajstić information content (AvgIpc) is 3.16. The Morgan fingerprint density at radius 1 is 1.10 bits per heavy atom. The van der Waals surface area contributed by atoms with Crippen LogP contribution < -0.4 is 15.8 Å². The number of rotatable bonds is 3. The molecule has 3 unspecified atom stereocenters. The zero-order valence-electron chi connectivity index (χ0n) is 16.3. The van der Waals surface area contributed by atoms with Crippen LogP contribution in [0.25, 0.3) is 0 Å². The summed E-state index contributed by atoms with van der Waals surface area (Å²) in [6, 6.07) is 2.61. The smallest absolute Gasteiger partial charge is 0.362 e. The number of nitro benzene ring substituents is 1. The van der Waals surface area contributed by atoms with Gasteiger partial charge >= 0.3 is 6.18 Å². The van der Waals surface area contributed by atoms with Crippen LogP contribution in [-0.2, 0) is 11.0 Å². The summed E-state index contributed by atoms with van der Waals surface area (Å²) in [6.45, 7) is 1.39. The first-order chi connectivity index (χ1) is 14.3. The Hall–Kier alpha value is -2.40. The molecule has 164 valence electrons. The summed E-state index contributed by atoms with van der Waals surface area (Å²) in [5.41, 5.74) is 4.88. The van der Waals surface area contributed by atoms with E-state index in [1.165, 1.54) is 0 Å². The van der Waals surface area contributed by atoms with Crippen molar-refractivity contribution in [1.82, 2.24) is 15.8 Å². The molecule has 1 saturated carbocycles.